The molecule has 1 aliphatic carbocycles. The maximum atomic E-state index is 12.1. The molecule has 0 aromatic carbocycles. The van der Waals surface area contributed by atoms with Crippen molar-refractivity contribution in [3.63, 3.8) is 0 Å². The standard InChI is InChI=1S/C14H17N5O/c20-13(11-4-2-1-3-5-11)18-12-8-16-14(17-9-12)19-7-6-15-10-19/h6-11H,1-5H2,(H,18,20). The van der Waals surface area contributed by atoms with Gasteiger partial charge in [-0.05, 0) is 12.8 Å². The van der Waals surface area contributed by atoms with Crippen LogP contribution in [0.3, 0.4) is 0 Å². The van der Waals surface area contributed by atoms with E-state index in [1.807, 2.05) is 0 Å². The lowest BCUT2D eigenvalue weighted by atomic mass is 9.89. The zero-order chi connectivity index (χ0) is 13.8. The normalized spacial score (nSPS) is 16.0. The van der Waals surface area contributed by atoms with Crippen LogP contribution in [0.2, 0.25) is 0 Å². The van der Waals surface area contributed by atoms with E-state index >= 15 is 0 Å². The van der Waals surface area contributed by atoms with E-state index in [1.54, 1.807) is 35.7 Å². The molecule has 1 fully saturated rings. The van der Waals surface area contributed by atoms with Crippen LogP contribution in [0.25, 0.3) is 5.95 Å². The fourth-order valence-electron chi connectivity index (χ4n) is 2.51. The van der Waals surface area contributed by atoms with Gasteiger partial charge in [-0.1, -0.05) is 19.3 Å². The second kappa shape index (κ2) is 5.81. The van der Waals surface area contributed by atoms with Gasteiger partial charge in [-0.2, -0.15) is 0 Å². The highest BCUT2D eigenvalue weighted by Crippen LogP contribution is 2.24. The first kappa shape index (κ1) is 12.8. The number of anilines is 1. The van der Waals surface area contributed by atoms with E-state index in [0.717, 1.165) is 25.7 Å². The van der Waals surface area contributed by atoms with Crippen molar-refractivity contribution in [1.29, 1.82) is 0 Å². The number of hydrogen-bond donors (Lipinski definition) is 1. The minimum atomic E-state index is 0.0867. The summed E-state index contributed by atoms with van der Waals surface area (Å²) in [6.07, 6.45) is 13.8. The van der Waals surface area contributed by atoms with Crippen LogP contribution in [0.1, 0.15) is 32.1 Å². The number of rotatable bonds is 3. The second-order valence-corrected chi connectivity index (χ2v) is 5.07. The number of carbonyl (C=O) groups is 1. The summed E-state index contributed by atoms with van der Waals surface area (Å²) < 4.78 is 1.72. The van der Waals surface area contributed by atoms with Crippen molar-refractivity contribution in [3.05, 3.63) is 31.1 Å². The van der Waals surface area contributed by atoms with E-state index in [9.17, 15) is 4.79 Å². The smallest absolute Gasteiger partial charge is 0.234 e. The molecule has 104 valence electrons. The molecule has 1 N–H and O–H groups in total. The third-order valence-corrected chi connectivity index (χ3v) is 3.62. The molecule has 6 nitrogen and oxygen atoms in total. The molecular formula is C14H17N5O. The fourth-order valence-corrected chi connectivity index (χ4v) is 2.51. The second-order valence-electron chi connectivity index (χ2n) is 5.07. The van der Waals surface area contributed by atoms with E-state index < -0.39 is 0 Å². The van der Waals surface area contributed by atoms with Gasteiger partial charge in [0, 0.05) is 18.3 Å². The van der Waals surface area contributed by atoms with E-state index in [1.165, 1.54) is 6.42 Å². The number of imidazole rings is 1. The number of carbonyl (C=O) groups excluding carboxylic acids is 1. The quantitative estimate of drug-likeness (QED) is 0.928. The van der Waals surface area contributed by atoms with Crippen LogP contribution >= 0.6 is 0 Å². The molecule has 0 saturated heterocycles. The van der Waals surface area contributed by atoms with Gasteiger partial charge in [-0.15, -0.1) is 0 Å². The molecule has 2 aromatic rings. The first-order valence-corrected chi connectivity index (χ1v) is 6.94. The van der Waals surface area contributed by atoms with Gasteiger partial charge < -0.3 is 5.32 Å². The predicted molar refractivity (Wildman–Crippen MR) is 74.4 cm³/mol. The van der Waals surface area contributed by atoms with Crippen molar-refractivity contribution >= 4 is 11.6 Å². The Hall–Kier alpha value is -2.24. The van der Waals surface area contributed by atoms with Crippen molar-refractivity contribution in [1.82, 2.24) is 19.5 Å². The molecule has 0 atom stereocenters. The van der Waals surface area contributed by atoms with Crippen LogP contribution < -0.4 is 5.32 Å². The van der Waals surface area contributed by atoms with Gasteiger partial charge >= 0.3 is 0 Å². The van der Waals surface area contributed by atoms with Gasteiger partial charge in [0.25, 0.3) is 0 Å². The predicted octanol–water partition coefficient (Wildman–Crippen LogP) is 2.18. The zero-order valence-corrected chi connectivity index (χ0v) is 11.2. The van der Waals surface area contributed by atoms with E-state index in [2.05, 4.69) is 20.3 Å². The number of amides is 1. The number of nitrogens with zero attached hydrogens (tertiary/aromatic N) is 4. The Bertz CT molecular complexity index is 558. The SMILES string of the molecule is O=C(Nc1cnc(-n2ccnc2)nc1)C1CCCCC1. The van der Waals surface area contributed by atoms with Crippen molar-refractivity contribution in [2.24, 2.45) is 5.92 Å². The molecular weight excluding hydrogens is 254 g/mol. The summed E-state index contributed by atoms with van der Waals surface area (Å²) in [7, 11) is 0. The molecule has 2 aromatic heterocycles. The summed E-state index contributed by atoms with van der Waals surface area (Å²) in [5, 5.41) is 2.90. The molecule has 0 unspecified atom stereocenters. The van der Waals surface area contributed by atoms with E-state index in [4.69, 9.17) is 0 Å². The molecule has 2 heterocycles. The molecule has 20 heavy (non-hydrogen) atoms. The Balaban J connectivity index is 1.64. The van der Waals surface area contributed by atoms with Gasteiger partial charge in [0.1, 0.15) is 6.33 Å². The first-order valence-electron chi connectivity index (χ1n) is 6.94. The molecule has 0 bridgehead atoms. The molecule has 1 amide bonds. The van der Waals surface area contributed by atoms with Gasteiger partial charge in [0.15, 0.2) is 0 Å². The monoisotopic (exact) mass is 271 g/mol. The van der Waals surface area contributed by atoms with Crippen LogP contribution in [0.5, 0.6) is 0 Å². The Kier molecular flexibility index (Phi) is 3.71. The van der Waals surface area contributed by atoms with Crippen LogP contribution in [-0.4, -0.2) is 25.4 Å². The highest BCUT2D eigenvalue weighted by molar-refractivity contribution is 5.92. The molecule has 3 rings (SSSR count). The lowest BCUT2D eigenvalue weighted by Gasteiger charge is -2.20. The summed E-state index contributed by atoms with van der Waals surface area (Å²) in [5.41, 5.74) is 0.643. The molecule has 0 spiro atoms. The Labute approximate surface area is 117 Å². The molecule has 0 radical (unpaired) electrons. The van der Waals surface area contributed by atoms with Gasteiger partial charge in [-0.25, -0.2) is 15.0 Å². The fraction of sp³-hybridized carbons (Fsp3) is 0.429. The first-order chi connectivity index (χ1) is 9.83. The van der Waals surface area contributed by atoms with Crippen LogP contribution in [0, 0.1) is 5.92 Å². The van der Waals surface area contributed by atoms with Crippen molar-refractivity contribution in [2.45, 2.75) is 32.1 Å². The average molecular weight is 271 g/mol. The van der Waals surface area contributed by atoms with Gasteiger partial charge in [0.2, 0.25) is 11.9 Å². The molecule has 6 heteroatoms. The summed E-state index contributed by atoms with van der Waals surface area (Å²) in [6.45, 7) is 0. The third-order valence-electron chi connectivity index (χ3n) is 3.62. The molecule has 1 aliphatic rings. The highest BCUT2D eigenvalue weighted by Gasteiger charge is 2.21. The summed E-state index contributed by atoms with van der Waals surface area (Å²) in [6, 6.07) is 0. The summed E-state index contributed by atoms with van der Waals surface area (Å²) in [4.78, 5) is 24.5. The highest BCUT2D eigenvalue weighted by atomic mass is 16.1. The van der Waals surface area contributed by atoms with E-state index in [-0.39, 0.29) is 11.8 Å². The van der Waals surface area contributed by atoms with Crippen molar-refractivity contribution in [2.75, 3.05) is 5.32 Å². The van der Waals surface area contributed by atoms with Crippen LogP contribution in [0.4, 0.5) is 5.69 Å². The number of nitrogens with one attached hydrogen (secondary N) is 1. The lowest BCUT2D eigenvalue weighted by molar-refractivity contribution is -0.120. The molecule has 1 saturated carbocycles. The minimum absolute atomic E-state index is 0.0867. The largest absolute Gasteiger partial charge is 0.323 e. The molecule has 0 aliphatic heterocycles. The van der Waals surface area contributed by atoms with Crippen LogP contribution in [-0.2, 0) is 4.79 Å². The Morgan fingerprint density at radius 3 is 2.60 bits per heavy atom. The summed E-state index contributed by atoms with van der Waals surface area (Å²) in [5.74, 6) is 0.763. The van der Waals surface area contributed by atoms with Gasteiger partial charge in [-0.3, -0.25) is 9.36 Å². The Morgan fingerprint density at radius 1 is 1.20 bits per heavy atom. The maximum absolute atomic E-state index is 12.1. The number of aromatic nitrogens is 4. The van der Waals surface area contributed by atoms with Crippen molar-refractivity contribution in [3.8, 4) is 5.95 Å². The van der Waals surface area contributed by atoms with Gasteiger partial charge in [0.05, 0.1) is 18.1 Å². The lowest BCUT2D eigenvalue weighted by Crippen LogP contribution is -2.24. The van der Waals surface area contributed by atoms with E-state index in [0.29, 0.717) is 11.6 Å². The summed E-state index contributed by atoms with van der Waals surface area (Å²) >= 11 is 0. The topological polar surface area (TPSA) is 72.7 Å². The zero-order valence-electron chi connectivity index (χ0n) is 11.2. The minimum Gasteiger partial charge on any atom is -0.323 e. The third kappa shape index (κ3) is 2.84. The number of hydrogen-bond acceptors (Lipinski definition) is 4. The van der Waals surface area contributed by atoms with Crippen molar-refractivity contribution < 1.29 is 4.79 Å². The van der Waals surface area contributed by atoms with Crippen LogP contribution in [0.15, 0.2) is 31.1 Å². The Morgan fingerprint density at radius 2 is 1.95 bits per heavy atom. The average Bonchev–Trinajstić information content (AvgIpc) is 3.03. The maximum Gasteiger partial charge on any atom is 0.234 e.